The summed E-state index contributed by atoms with van der Waals surface area (Å²) in [7, 11) is 0. The number of aromatic amines is 1. The molecule has 26 heavy (non-hydrogen) atoms. The van der Waals surface area contributed by atoms with Gasteiger partial charge in [-0.05, 0) is 68.7 Å². The molecule has 1 aromatic heterocycles. The number of benzene rings is 1. The number of hydrogen-bond acceptors (Lipinski definition) is 3. The number of carboxylic acid groups (broad SMARTS) is 1. The molecule has 1 aliphatic heterocycles. The maximum Gasteiger partial charge on any atom is 0.306 e. The van der Waals surface area contributed by atoms with Crippen LogP contribution in [0.3, 0.4) is 0 Å². The molecule has 5 heteroatoms. The van der Waals surface area contributed by atoms with Crippen LogP contribution in [-0.4, -0.2) is 34.1 Å². The molecule has 0 radical (unpaired) electrons. The SMILES string of the molecule is O=C(O)C1CCC(c2ncc(-c3ccc(C4CCNCC4)cc3)[nH]2)CC1. The van der Waals surface area contributed by atoms with Crippen LogP contribution in [0.25, 0.3) is 11.3 Å². The third-order valence-corrected chi connectivity index (χ3v) is 6.09. The molecule has 2 heterocycles. The first-order valence-corrected chi connectivity index (χ1v) is 9.79. The summed E-state index contributed by atoms with van der Waals surface area (Å²) in [5, 5.41) is 12.6. The standard InChI is InChI=1S/C21H27N3O2/c25-21(26)18-7-5-17(6-8-18)20-23-13-19(24-20)16-3-1-14(2-4-16)15-9-11-22-12-10-15/h1-4,13,15,17-18,22H,5-12H2,(H,23,24)(H,25,26). The Balaban J connectivity index is 1.42. The van der Waals surface area contributed by atoms with Crippen LogP contribution in [0.4, 0.5) is 0 Å². The van der Waals surface area contributed by atoms with Crippen LogP contribution in [0.5, 0.6) is 0 Å². The predicted octanol–water partition coefficient (Wildman–Crippen LogP) is 3.90. The fraction of sp³-hybridized carbons (Fsp3) is 0.524. The second-order valence-corrected chi connectivity index (χ2v) is 7.72. The lowest BCUT2D eigenvalue weighted by Crippen LogP contribution is -2.26. The minimum absolute atomic E-state index is 0.178. The maximum atomic E-state index is 11.1. The van der Waals surface area contributed by atoms with Gasteiger partial charge in [0.15, 0.2) is 0 Å². The zero-order chi connectivity index (χ0) is 17.9. The van der Waals surface area contributed by atoms with Crippen LogP contribution in [-0.2, 0) is 4.79 Å². The first kappa shape index (κ1) is 17.3. The molecule has 2 fully saturated rings. The molecule has 1 saturated carbocycles. The van der Waals surface area contributed by atoms with Crippen LogP contribution in [0.1, 0.15) is 61.7 Å². The number of rotatable bonds is 4. The number of hydrogen-bond donors (Lipinski definition) is 3. The molecule has 5 nitrogen and oxygen atoms in total. The van der Waals surface area contributed by atoms with Gasteiger partial charge < -0.3 is 15.4 Å². The van der Waals surface area contributed by atoms with Crippen molar-refractivity contribution < 1.29 is 9.90 Å². The number of piperidine rings is 1. The molecule has 1 saturated heterocycles. The van der Waals surface area contributed by atoms with Crippen molar-refractivity contribution in [3.8, 4) is 11.3 Å². The largest absolute Gasteiger partial charge is 0.481 e. The first-order chi connectivity index (χ1) is 12.7. The van der Waals surface area contributed by atoms with Crippen molar-refractivity contribution in [2.75, 3.05) is 13.1 Å². The highest BCUT2D eigenvalue weighted by molar-refractivity contribution is 5.70. The van der Waals surface area contributed by atoms with Gasteiger partial charge in [0.1, 0.15) is 5.82 Å². The summed E-state index contributed by atoms with van der Waals surface area (Å²) in [6, 6.07) is 8.89. The molecular weight excluding hydrogens is 326 g/mol. The van der Waals surface area contributed by atoms with Crippen molar-refractivity contribution in [2.24, 2.45) is 5.92 Å². The van der Waals surface area contributed by atoms with Gasteiger partial charge in [-0.2, -0.15) is 0 Å². The number of nitrogens with zero attached hydrogens (tertiary/aromatic N) is 1. The molecule has 0 amide bonds. The van der Waals surface area contributed by atoms with Crippen molar-refractivity contribution in [3.63, 3.8) is 0 Å². The third-order valence-electron chi connectivity index (χ3n) is 6.09. The molecule has 0 bridgehead atoms. The van der Waals surface area contributed by atoms with E-state index >= 15 is 0 Å². The van der Waals surface area contributed by atoms with E-state index < -0.39 is 5.97 Å². The minimum atomic E-state index is -0.655. The topological polar surface area (TPSA) is 78.0 Å². The average molecular weight is 353 g/mol. The van der Waals surface area contributed by atoms with E-state index in [0.717, 1.165) is 50.3 Å². The highest BCUT2D eigenvalue weighted by Crippen LogP contribution is 2.35. The lowest BCUT2D eigenvalue weighted by atomic mass is 9.82. The summed E-state index contributed by atoms with van der Waals surface area (Å²) in [4.78, 5) is 19.2. The van der Waals surface area contributed by atoms with E-state index in [9.17, 15) is 4.79 Å². The number of imidazole rings is 1. The number of carboxylic acids is 1. The summed E-state index contributed by atoms with van der Waals surface area (Å²) >= 11 is 0. The predicted molar refractivity (Wildman–Crippen MR) is 101 cm³/mol. The average Bonchev–Trinajstić information content (AvgIpc) is 3.19. The summed E-state index contributed by atoms with van der Waals surface area (Å²) in [6.07, 6.45) is 7.65. The maximum absolute atomic E-state index is 11.1. The Morgan fingerprint density at radius 1 is 0.962 bits per heavy atom. The Morgan fingerprint density at radius 2 is 1.65 bits per heavy atom. The second kappa shape index (κ2) is 7.62. The number of aromatic nitrogens is 2. The van der Waals surface area contributed by atoms with Crippen LogP contribution >= 0.6 is 0 Å². The number of H-pyrrole nitrogens is 1. The van der Waals surface area contributed by atoms with Gasteiger partial charge in [-0.3, -0.25) is 4.79 Å². The third kappa shape index (κ3) is 3.68. The summed E-state index contributed by atoms with van der Waals surface area (Å²) in [6.45, 7) is 2.22. The fourth-order valence-electron chi connectivity index (χ4n) is 4.39. The van der Waals surface area contributed by atoms with E-state index in [-0.39, 0.29) is 5.92 Å². The molecule has 0 spiro atoms. The molecule has 2 aliphatic rings. The first-order valence-electron chi connectivity index (χ1n) is 9.79. The highest BCUT2D eigenvalue weighted by Gasteiger charge is 2.28. The molecule has 3 N–H and O–H groups in total. The Kier molecular flexibility index (Phi) is 5.07. The second-order valence-electron chi connectivity index (χ2n) is 7.72. The summed E-state index contributed by atoms with van der Waals surface area (Å²) in [5.74, 6) is 1.20. The molecule has 4 rings (SSSR count). The van der Waals surface area contributed by atoms with Gasteiger partial charge in [0.2, 0.25) is 0 Å². The number of nitrogens with one attached hydrogen (secondary N) is 2. The van der Waals surface area contributed by atoms with Gasteiger partial charge in [-0.15, -0.1) is 0 Å². The molecule has 0 unspecified atom stereocenters. The molecule has 2 aromatic rings. The van der Waals surface area contributed by atoms with Gasteiger partial charge in [-0.1, -0.05) is 24.3 Å². The Labute approximate surface area is 154 Å². The minimum Gasteiger partial charge on any atom is -0.481 e. The Morgan fingerprint density at radius 3 is 2.31 bits per heavy atom. The molecule has 0 atom stereocenters. The smallest absolute Gasteiger partial charge is 0.306 e. The van der Waals surface area contributed by atoms with E-state index in [1.54, 1.807) is 0 Å². The summed E-state index contributed by atoms with van der Waals surface area (Å²) < 4.78 is 0. The van der Waals surface area contributed by atoms with Gasteiger partial charge in [0.05, 0.1) is 17.8 Å². The van der Waals surface area contributed by atoms with E-state index in [1.807, 2.05) is 6.20 Å². The molecule has 1 aliphatic carbocycles. The van der Waals surface area contributed by atoms with Crippen molar-refractivity contribution in [1.29, 1.82) is 0 Å². The number of carbonyl (C=O) groups is 1. The van der Waals surface area contributed by atoms with Gasteiger partial charge in [0, 0.05) is 5.92 Å². The van der Waals surface area contributed by atoms with Crippen molar-refractivity contribution in [2.45, 2.75) is 50.4 Å². The van der Waals surface area contributed by atoms with Crippen LogP contribution < -0.4 is 5.32 Å². The lowest BCUT2D eigenvalue weighted by molar-refractivity contribution is -0.142. The van der Waals surface area contributed by atoms with Gasteiger partial charge in [0.25, 0.3) is 0 Å². The fourth-order valence-corrected chi connectivity index (χ4v) is 4.39. The monoisotopic (exact) mass is 353 g/mol. The van der Waals surface area contributed by atoms with E-state index in [2.05, 4.69) is 39.6 Å². The molecular formula is C21H27N3O2. The summed E-state index contributed by atoms with van der Waals surface area (Å²) in [5.41, 5.74) is 3.65. The van der Waals surface area contributed by atoms with E-state index in [1.165, 1.54) is 24.0 Å². The van der Waals surface area contributed by atoms with E-state index in [4.69, 9.17) is 5.11 Å². The van der Waals surface area contributed by atoms with Crippen molar-refractivity contribution >= 4 is 5.97 Å². The zero-order valence-electron chi connectivity index (χ0n) is 15.1. The van der Waals surface area contributed by atoms with Crippen LogP contribution in [0, 0.1) is 5.92 Å². The molecule has 138 valence electrons. The van der Waals surface area contributed by atoms with Gasteiger partial charge in [-0.25, -0.2) is 4.98 Å². The van der Waals surface area contributed by atoms with Gasteiger partial charge >= 0.3 is 5.97 Å². The van der Waals surface area contributed by atoms with Crippen molar-refractivity contribution in [1.82, 2.24) is 15.3 Å². The number of aliphatic carboxylic acids is 1. The Hall–Kier alpha value is -2.14. The van der Waals surface area contributed by atoms with Crippen molar-refractivity contribution in [3.05, 3.63) is 41.9 Å². The Bertz CT molecular complexity index is 739. The van der Waals surface area contributed by atoms with Crippen LogP contribution in [0.2, 0.25) is 0 Å². The zero-order valence-corrected chi connectivity index (χ0v) is 15.1. The van der Waals surface area contributed by atoms with Crippen LogP contribution in [0.15, 0.2) is 30.5 Å². The normalized spacial score (nSPS) is 24.5. The molecule has 1 aromatic carbocycles. The quantitative estimate of drug-likeness (QED) is 0.779. The lowest BCUT2D eigenvalue weighted by Gasteiger charge is -2.24. The van der Waals surface area contributed by atoms with E-state index in [0.29, 0.717) is 11.8 Å². The highest BCUT2D eigenvalue weighted by atomic mass is 16.4.